The highest BCUT2D eigenvalue weighted by atomic mass is 19.3. The van der Waals surface area contributed by atoms with Crippen molar-refractivity contribution >= 4 is 5.97 Å². The van der Waals surface area contributed by atoms with Crippen molar-refractivity contribution in [2.24, 2.45) is 5.92 Å². The fourth-order valence-corrected chi connectivity index (χ4v) is 2.62. The molecule has 0 radical (unpaired) electrons. The molecule has 20 heavy (non-hydrogen) atoms. The van der Waals surface area contributed by atoms with Crippen LogP contribution in [0.2, 0.25) is 0 Å². The number of rotatable bonds is 5. The van der Waals surface area contributed by atoms with E-state index in [1.165, 1.54) is 6.07 Å². The second-order valence-electron chi connectivity index (χ2n) is 5.34. The molecule has 5 heteroatoms. The van der Waals surface area contributed by atoms with Crippen LogP contribution in [0.5, 0.6) is 0 Å². The average Bonchev–Trinajstić information content (AvgIpc) is 2.41. The zero-order valence-electron chi connectivity index (χ0n) is 11.2. The lowest BCUT2D eigenvalue weighted by atomic mass is 9.85. The molecule has 1 saturated carbocycles. The predicted octanol–water partition coefficient (Wildman–Crippen LogP) is 3.30. The summed E-state index contributed by atoms with van der Waals surface area (Å²) in [6, 6.07) is 6.53. The van der Waals surface area contributed by atoms with Crippen molar-refractivity contribution in [1.29, 1.82) is 0 Å². The highest BCUT2D eigenvalue weighted by Gasteiger charge is 2.40. The van der Waals surface area contributed by atoms with Gasteiger partial charge in [-0.3, -0.25) is 0 Å². The Balaban J connectivity index is 1.86. The molecular formula is C15H19F2NO2. The van der Waals surface area contributed by atoms with Crippen molar-refractivity contribution in [3.63, 3.8) is 0 Å². The molecule has 1 aliphatic rings. The van der Waals surface area contributed by atoms with Gasteiger partial charge in [0.2, 0.25) is 0 Å². The second-order valence-corrected chi connectivity index (χ2v) is 5.34. The largest absolute Gasteiger partial charge is 0.478 e. The lowest BCUT2D eigenvalue weighted by Crippen LogP contribution is -2.38. The molecule has 1 aromatic carbocycles. The van der Waals surface area contributed by atoms with E-state index in [1.807, 2.05) is 0 Å². The molecule has 110 valence electrons. The topological polar surface area (TPSA) is 49.3 Å². The Kier molecular flexibility index (Phi) is 4.70. The van der Waals surface area contributed by atoms with E-state index in [4.69, 9.17) is 5.11 Å². The molecule has 1 atom stereocenters. The third-order valence-corrected chi connectivity index (χ3v) is 3.80. The van der Waals surface area contributed by atoms with Gasteiger partial charge >= 0.3 is 5.97 Å². The van der Waals surface area contributed by atoms with Gasteiger partial charge in [-0.1, -0.05) is 18.6 Å². The number of alkyl halides is 2. The van der Waals surface area contributed by atoms with Gasteiger partial charge < -0.3 is 10.4 Å². The Bertz CT molecular complexity index is 477. The molecule has 1 aromatic rings. The fraction of sp³-hybridized carbons (Fsp3) is 0.533. The van der Waals surface area contributed by atoms with Gasteiger partial charge in [0, 0.05) is 25.4 Å². The van der Waals surface area contributed by atoms with Crippen molar-refractivity contribution in [3.05, 3.63) is 35.4 Å². The first-order chi connectivity index (χ1) is 9.49. The van der Waals surface area contributed by atoms with Crippen LogP contribution in [0.15, 0.2) is 24.3 Å². The van der Waals surface area contributed by atoms with Crippen molar-refractivity contribution in [1.82, 2.24) is 5.32 Å². The third-order valence-electron chi connectivity index (χ3n) is 3.80. The van der Waals surface area contributed by atoms with Gasteiger partial charge in [0.1, 0.15) is 0 Å². The molecule has 3 nitrogen and oxygen atoms in total. The van der Waals surface area contributed by atoms with E-state index in [1.54, 1.807) is 18.2 Å². The van der Waals surface area contributed by atoms with Gasteiger partial charge in [-0.15, -0.1) is 0 Å². The third kappa shape index (κ3) is 3.76. The number of carboxylic acid groups (broad SMARTS) is 1. The molecule has 1 unspecified atom stereocenters. The van der Waals surface area contributed by atoms with Gasteiger partial charge in [0.05, 0.1) is 5.56 Å². The van der Waals surface area contributed by atoms with Crippen molar-refractivity contribution in [2.45, 2.75) is 38.2 Å². The minimum Gasteiger partial charge on any atom is -0.478 e. The lowest BCUT2D eigenvalue weighted by Gasteiger charge is -2.31. The van der Waals surface area contributed by atoms with Gasteiger partial charge in [-0.05, 0) is 30.5 Å². The van der Waals surface area contributed by atoms with E-state index in [0.717, 1.165) is 12.0 Å². The lowest BCUT2D eigenvalue weighted by molar-refractivity contribution is -0.0843. The maximum atomic E-state index is 13.6. The zero-order valence-corrected chi connectivity index (χ0v) is 11.2. The summed E-state index contributed by atoms with van der Waals surface area (Å²) >= 11 is 0. The SMILES string of the molecule is O=C(O)c1cccc(CNCC2CCCCC2(F)F)c1. The zero-order chi connectivity index (χ0) is 14.6. The molecule has 0 amide bonds. The van der Waals surface area contributed by atoms with Crippen molar-refractivity contribution in [3.8, 4) is 0 Å². The fourth-order valence-electron chi connectivity index (χ4n) is 2.62. The van der Waals surface area contributed by atoms with E-state index in [2.05, 4.69) is 5.32 Å². The number of nitrogens with one attached hydrogen (secondary N) is 1. The van der Waals surface area contributed by atoms with Crippen molar-refractivity contribution in [2.75, 3.05) is 6.54 Å². The first-order valence-electron chi connectivity index (χ1n) is 6.90. The van der Waals surface area contributed by atoms with Crippen LogP contribution in [0.3, 0.4) is 0 Å². The molecule has 2 rings (SSSR count). The summed E-state index contributed by atoms with van der Waals surface area (Å²) in [7, 11) is 0. The smallest absolute Gasteiger partial charge is 0.335 e. The van der Waals surface area contributed by atoms with E-state index in [-0.39, 0.29) is 18.5 Å². The minimum atomic E-state index is -2.58. The second kappa shape index (κ2) is 6.31. The molecule has 1 aliphatic carbocycles. The number of hydrogen-bond acceptors (Lipinski definition) is 2. The van der Waals surface area contributed by atoms with Gasteiger partial charge in [-0.2, -0.15) is 0 Å². The van der Waals surface area contributed by atoms with E-state index < -0.39 is 17.8 Å². The molecule has 2 N–H and O–H groups in total. The molecule has 0 bridgehead atoms. The Morgan fingerprint density at radius 3 is 2.90 bits per heavy atom. The minimum absolute atomic E-state index is 0.0200. The van der Waals surface area contributed by atoms with Crippen LogP contribution in [0.1, 0.15) is 41.6 Å². The highest BCUT2D eigenvalue weighted by molar-refractivity contribution is 5.87. The summed E-state index contributed by atoms with van der Waals surface area (Å²) in [5.41, 5.74) is 1.01. The maximum absolute atomic E-state index is 13.6. The maximum Gasteiger partial charge on any atom is 0.335 e. The number of aromatic carboxylic acids is 1. The van der Waals surface area contributed by atoms with Crippen LogP contribution in [0.4, 0.5) is 8.78 Å². The monoisotopic (exact) mass is 283 g/mol. The Morgan fingerprint density at radius 1 is 1.40 bits per heavy atom. The Hall–Kier alpha value is -1.49. The summed E-state index contributed by atoms with van der Waals surface area (Å²) in [4.78, 5) is 10.8. The molecular weight excluding hydrogens is 264 g/mol. The molecule has 0 spiro atoms. The van der Waals surface area contributed by atoms with E-state index >= 15 is 0 Å². The summed E-state index contributed by atoms with van der Waals surface area (Å²) in [5, 5.41) is 11.9. The Morgan fingerprint density at radius 2 is 2.20 bits per heavy atom. The van der Waals surface area contributed by atoms with Crippen LogP contribution >= 0.6 is 0 Å². The number of carboxylic acids is 1. The summed E-state index contributed by atoms with van der Waals surface area (Å²) in [5.74, 6) is -4.17. The standard InChI is InChI=1S/C15H19F2NO2/c16-15(17)7-2-1-6-13(15)10-18-9-11-4-3-5-12(8-11)14(19)20/h3-5,8,13,18H,1-2,6-7,9-10H2,(H,19,20). The molecule has 0 aliphatic heterocycles. The average molecular weight is 283 g/mol. The van der Waals surface area contributed by atoms with Crippen LogP contribution in [0, 0.1) is 5.92 Å². The normalized spacial score (nSPS) is 21.6. The number of carbonyl (C=O) groups is 1. The molecule has 0 aromatic heterocycles. The number of benzene rings is 1. The first kappa shape index (κ1) is 14.9. The Labute approximate surface area is 117 Å². The molecule has 0 heterocycles. The first-order valence-corrected chi connectivity index (χ1v) is 6.90. The van der Waals surface area contributed by atoms with E-state index in [0.29, 0.717) is 19.4 Å². The van der Waals surface area contributed by atoms with E-state index in [9.17, 15) is 13.6 Å². The highest BCUT2D eigenvalue weighted by Crippen LogP contribution is 2.37. The van der Waals surface area contributed by atoms with Crippen LogP contribution in [-0.2, 0) is 6.54 Å². The predicted molar refractivity (Wildman–Crippen MR) is 72.0 cm³/mol. The summed E-state index contributed by atoms with van der Waals surface area (Å²) in [6.07, 6.45) is 1.99. The summed E-state index contributed by atoms with van der Waals surface area (Å²) < 4.78 is 27.3. The van der Waals surface area contributed by atoms with Gasteiger partial charge in [0.15, 0.2) is 0 Å². The quantitative estimate of drug-likeness (QED) is 0.871. The van der Waals surface area contributed by atoms with Gasteiger partial charge in [-0.25, -0.2) is 13.6 Å². The van der Waals surface area contributed by atoms with Crippen LogP contribution in [-0.4, -0.2) is 23.5 Å². The molecule has 1 fully saturated rings. The van der Waals surface area contributed by atoms with Gasteiger partial charge in [0.25, 0.3) is 5.92 Å². The molecule has 0 saturated heterocycles. The summed E-state index contributed by atoms with van der Waals surface area (Å²) in [6.45, 7) is 0.679. The van der Waals surface area contributed by atoms with Crippen LogP contribution in [0.25, 0.3) is 0 Å². The van der Waals surface area contributed by atoms with Crippen molar-refractivity contribution < 1.29 is 18.7 Å². The van der Waals surface area contributed by atoms with Crippen LogP contribution < -0.4 is 5.32 Å². The number of halogens is 2. The number of hydrogen-bond donors (Lipinski definition) is 2.